The van der Waals surface area contributed by atoms with Crippen LogP contribution in [0.2, 0.25) is 0 Å². The van der Waals surface area contributed by atoms with E-state index in [1.165, 1.54) is 29.7 Å². The maximum Gasteiger partial charge on any atom is 0.269 e. The van der Waals surface area contributed by atoms with Crippen LogP contribution in [-0.2, 0) is 27.3 Å². The van der Waals surface area contributed by atoms with E-state index in [1.807, 2.05) is 30.3 Å². The van der Waals surface area contributed by atoms with E-state index in [1.54, 1.807) is 5.38 Å². The summed E-state index contributed by atoms with van der Waals surface area (Å²) in [5.74, 6) is -0.731. The second kappa shape index (κ2) is 9.88. The Morgan fingerprint density at radius 2 is 2.00 bits per heavy atom. The molecule has 1 aromatic carbocycles. The summed E-state index contributed by atoms with van der Waals surface area (Å²) in [7, 11) is 0. The molecule has 0 bridgehead atoms. The molecule has 1 aliphatic rings. The van der Waals surface area contributed by atoms with E-state index in [9.17, 15) is 14.4 Å². The minimum atomic E-state index is -0.613. The van der Waals surface area contributed by atoms with Gasteiger partial charge in [-0.25, -0.2) is 9.98 Å². The predicted molar refractivity (Wildman–Crippen MR) is 117 cm³/mol. The van der Waals surface area contributed by atoms with E-state index in [0.29, 0.717) is 29.0 Å². The predicted octanol–water partition coefficient (Wildman–Crippen LogP) is 2.16. The van der Waals surface area contributed by atoms with Crippen molar-refractivity contribution in [3.05, 3.63) is 59.4 Å². The Morgan fingerprint density at radius 1 is 1.16 bits per heavy atom. The maximum absolute atomic E-state index is 12.2. The highest BCUT2D eigenvalue weighted by Crippen LogP contribution is 2.18. The van der Waals surface area contributed by atoms with Crippen molar-refractivity contribution < 1.29 is 18.9 Å². The van der Waals surface area contributed by atoms with E-state index in [-0.39, 0.29) is 30.7 Å². The summed E-state index contributed by atoms with van der Waals surface area (Å²) in [4.78, 5) is 47.5. The van der Waals surface area contributed by atoms with Crippen LogP contribution >= 0.6 is 11.3 Å². The average Bonchev–Trinajstić information content (AvgIpc) is 3.47. The molecule has 162 valence electrons. The molecule has 0 radical (unpaired) electrons. The molecule has 32 heavy (non-hydrogen) atoms. The van der Waals surface area contributed by atoms with E-state index in [2.05, 4.69) is 30.8 Å². The highest BCUT2D eigenvalue weighted by atomic mass is 32.1. The number of rotatable bonds is 8. The van der Waals surface area contributed by atoms with Gasteiger partial charge in [0.15, 0.2) is 5.13 Å². The second-order valence-corrected chi connectivity index (χ2v) is 7.65. The third kappa shape index (κ3) is 5.58. The molecule has 0 aliphatic carbocycles. The first kappa shape index (κ1) is 21.2. The van der Waals surface area contributed by atoms with Gasteiger partial charge < -0.3 is 15.2 Å². The number of hydrogen-bond acceptors (Lipinski definition) is 8. The van der Waals surface area contributed by atoms with Gasteiger partial charge in [0.25, 0.3) is 5.91 Å². The first-order valence-corrected chi connectivity index (χ1v) is 10.6. The molecule has 2 N–H and O–H groups in total. The maximum atomic E-state index is 12.2. The molecule has 2 aromatic heterocycles. The third-order valence-electron chi connectivity index (χ3n) is 4.44. The fourth-order valence-electron chi connectivity index (χ4n) is 2.79. The summed E-state index contributed by atoms with van der Waals surface area (Å²) >= 11 is 1.26. The topological polar surface area (TPSA) is 139 Å². The number of benzene rings is 1. The largest absolute Gasteiger partial charge is 0.347 e. The van der Waals surface area contributed by atoms with E-state index in [4.69, 9.17) is 4.52 Å². The third-order valence-corrected chi connectivity index (χ3v) is 5.24. The lowest BCUT2D eigenvalue weighted by atomic mass is 10.1. The minimum absolute atomic E-state index is 0.135. The van der Waals surface area contributed by atoms with Gasteiger partial charge in [0.2, 0.25) is 23.5 Å². The van der Waals surface area contributed by atoms with Gasteiger partial charge in [-0.15, -0.1) is 11.3 Å². The summed E-state index contributed by atoms with van der Waals surface area (Å²) in [6, 6.07) is 9.41. The summed E-state index contributed by atoms with van der Waals surface area (Å²) in [6.07, 6.45) is 4.67. The Morgan fingerprint density at radius 3 is 2.78 bits per heavy atom. The molecule has 1 atom stereocenters. The fraction of sp³-hybridized carbons (Fsp3) is 0.190. The smallest absolute Gasteiger partial charge is 0.269 e. The van der Waals surface area contributed by atoms with Gasteiger partial charge in [0.1, 0.15) is 0 Å². The quantitative estimate of drug-likeness (QED) is 0.536. The Hall–Kier alpha value is -3.99. The van der Waals surface area contributed by atoms with Crippen molar-refractivity contribution in [3.8, 4) is 11.4 Å². The number of aromatic nitrogens is 3. The second-order valence-electron chi connectivity index (χ2n) is 6.79. The normalized spacial score (nSPS) is 15.0. The van der Waals surface area contributed by atoms with Crippen molar-refractivity contribution in [1.82, 2.24) is 20.4 Å². The molecule has 11 heteroatoms. The SMILES string of the molecule is O=C1C=CC(C(=O)Nc2nc(CCC(=O)NCc3nc(-c4ccccc4)no3)cs2)C=N1. The molecule has 4 rings (SSSR count). The molecule has 3 heterocycles. The van der Waals surface area contributed by atoms with Crippen LogP contribution in [0, 0.1) is 5.92 Å². The van der Waals surface area contributed by atoms with E-state index in [0.717, 1.165) is 5.56 Å². The van der Waals surface area contributed by atoms with Crippen LogP contribution in [0.5, 0.6) is 0 Å². The van der Waals surface area contributed by atoms with Gasteiger partial charge in [-0.3, -0.25) is 14.4 Å². The molecule has 3 amide bonds. The molecule has 3 aromatic rings. The van der Waals surface area contributed by atoms with Gasteiger partial charge in [0.05, 0.1) is 18.2 Å². The average molecular weight is 450 g/mol. The molecular weight excluding hydrogens is 432 g/mol. The Balaban J connectivity index is 1.21. The molecule has 10 nitrogen and oxygen atoms in total. The number of dihydropyridines is 1. The lowest BCUT2D eigenvalue weighted by Crippen LogP contribution is -2.24. The van der Waals surface area contributed by atoms with E-state index >= 15 is 0 Å². The molecule has 0 saturated carbocycles. The molecular formula is C21H18N6O4S. The lowest BCUT2D eigenvalue weighted by Gasteiger charge is -2.08. The number of hydrogen-bond donors (Lipinski definition) is 2. The number of carbonyl (C=O) groups is 3. The summed E-state index contributed by atoms with van der Waals surface area (Å²) < 4.78 is 5.17. The number of aryl methyl sites for hydroxylation is 1. The van der Waals surface area contributed by atoms with Crippen LogP contribution in [0.15, 0.2) is 57.4 Å². The molecule has 1 aliphatic heterocycles. The van der Waals surface area contributed by atoms with Crippen molar-refractivity contribution in [2.24, 2.45) is 10.9 Å². The number of aliphatic imine (C=N–C) groups is 1. The molecule has 0 spiro atoms. The van der Waals surface area contributed by atoms with Crippen LogP contribution in [-0.4, -0.2) is 39.1 Å². The first-order chi connectivity index (χ1) is 15.6. The van der Waals surface area contributed by atoms with Gasteiger partial charge in [0, 0.05) is 29.7 Å². The van der Waals surface area contributed by atoms with Crippen LogP contribution in [0.3, 0.4) is 0 Å². The van der Waals surface area contributed by atoms with Crippen molar-refractivity contribution in [2.45, 2.75) is 19.4 Å². The Bertz CT molecular complexity index is 1170. The van der Waals surface area contributed by atoms with Gasteiger partial charge in [-0.2, -0.15) is 4.98 Å². The standard InChI is InChI=1S/C21H18N6O4S/c28-16-8-6-14(10-22-16)20(30)26-21-24-15(12-32-21)7-9-17(29)23-11-18-25-19(27-31-18)13-4-2-1-3-5-13/h1-6,8,10,12,14H,7,9,11H2,(H,23,29)(H,24,26,30). The zero-order valence-electron chi connectivity index (χ0n) is 16.7. The van der Waals surface area contributed by atoms with Gasteiger partial charge >= 0.3 is 0 Å². The van der Waals surface area contributed by atoms with Crippen LogP contribution in [0.4, 0.5) is 5.13 Å². The number of nitrogens with one attached hydrogen (secondary N) is 2. The van der Waals surface area contributed by atoms with Gasteiger partial charge in [-0.1, -0.05) is 41.6 Å². The highest BCUT2D eigenvalue weighted by molar-refractivity contribution is 7.13. The zero-order valence-corrected chi connectivity index (χ0v) is 17.5. The zero-order chi connectivity index (χ0) is 22.3. The molecule has 0 fully saturated rings. The number of anilines is 1. The fourth-order valence-corrected chi connectivity index (χ4v) is 3.54. The number of nitrogens with zero attached hydrogens (tertiary/aromatic N) is 4. The first-order valence-electron chi connectivity index (χ1n) is 9.73. The Labute approximate surface area is 186 Å². The minimum Gasteiger partial charge on any atom is -0.347 e. The van der Waals surface area contributed by atoms with Crippen LogP contribution in [0.25, 0.3) is 11.4 Å². The summed E-state index contributed by atoms with van der Waals surface area (Å²) in [5, 5.41) is 11.5. The van der Waals surface area contributed by atoms with Crippen LogP contribution in [0.1, 0.15) is 18.0 Å². The summed E-state index contributed by atoms with van der Waals surface area (Å²) in [5.41, 5.74) is 1.52. The Kier molecular flexibility index (Phi) is 6.56. The van der Waals surface area contributed by atoms with Crippen molar-refractivity contribution >= 4 is 40.4 Å². The number of thiazole rings is 1. The molecule has 1 unspecified atom stereocenters. The van der Waals surface area contributed by atoms with E-state index < -0.39 is 5.92 Å². The monoisotopic (exact) mass is 450 g/mol. The van der Waals surface area contributed by atoms with Crippen molar-refractivity contribution in [1.29, 1.82) is 0 Å². The number of carbonyl (C=O) groups excluding carboxylic acids is 3. The van der Waals surface area contributed by atoms with Gasteiger partial charge in [-0.05, 0) is 6.42 Å². The summed E-state index contributed by atoms with van der Waals surface area (Å²) in [6.45, 7) is 0.135. The number of amides is 3. The van der Waals surface area contributed by atoms with Crippen molar-refractivity contribution in [2.75, 3.05) is 5.32 Å². The molecule has 0 saturated heterocycles. The van der Waals surface area contributed by atoms with Crippen molar-refractivity contribution in [3.63, 3.8) is 0 Å². The van der Waals surface area contributed by atoms with Crippen LogP contribution < -0.4 is 10.6 Å². The lowest BCUT2D eigenvalue weighted by molar-refractivity contribution is -0.121. The highest BCUT2D eigenvalue weighted by Gasteiger charge is 2.18.